The number of hydrogen-bond acceptors (Lipinski definition) is 3. The Labute approximate surface area is 76.4 Å². The highest BCUT2D eigenvalue weighted by atomic mass is 16.4. The number of hydrogen-bond donors (Lipinski definition) is 2. The van der Waals surface area contributed by atoms with E-state index in [0.717, 1.165) is 0 Å². The number of rotatable bonds is 3. The molecule has 1 unspecified atom stereocenters. The fourth-order valence-corrected chi connectivity index (χ4v) is 1.52. The maximum absolute atomic E-state index is 11.3. The highest BCUT2D eigenvalue weighted by Gasteiger charge is 2.30. The summed E-state index contributed by atoms with van der Waals surface area (Å²) in [6.45, 7) is 3.60. The Hall–Kier alpha value is -1.16. The summed E-state index contributed by atoms with van der Waals surface area (Å²) in [7, 11) is 0. The molecule has 1 fully saturated rings. The Balaban J connectivity index is 2.51. The van der Waals surface area contributed by atoms with Crippen molar-refractivity contribution in [3.63, 3.8) is 0 Å². The van der Waals surface area contributed by atoms with E-state index < -0.39 is 12.0 Å². The Morgan fingerprint density at radius 2 is 2.38 bits per heavy atom. The van der Waals surface area contributed by atoms with Crippen molar-refractivity contribution in [3.05, 3.63) is 12.2 Å². The van der Waals surface area contributed by atoms with Crippen LogP contribution in [0.4, 0.5) is 0 Å². The van der Waals surface area contributed by atoms with Crippen LogP contribution in [-0.2, 0) is 9.59 Å². The van der Waals surface area contributed by atoms with Crippen LogP contribution in [0.2, 0.25) is 0 Å². The zero-order valence-electron chi connectivity index (χ0n) is 7.32. The first-order valence-corrected chi connectivity index (χ1v) is 4.22. The van der Waals surface area contributed by atoms with E-state index in [0.29, 0.717) is 18.4 Å². The standard InChI is InChI=1S/C9H13NO3/c1-5-2-3-6(8(5)11)4-7(10)9(12)13/h6-7H,1-4,10H2,(H,12,13)/t6?,7-/m0/s1. The topological polar surface area (TPSA) is 80.4 Å². The molecule has 0 aromatic heterocycles. The molecule has 0 aliphatic heterocycles. The van der Waals surface area contributed by atoms with Crippen LogP contribution in [0.25, 0.3) is 0 Å². The van der Waals surface area contributed by atoms with Gasteiger partial charge in [0.05, 0.1) is 0 Å². The van der Waals surface area contributed by atoms with Gasteiger partial charge in [0.15, 0.2) is 5.78 Å². The summed E-state index contributed by atoms with van der Waals surface area (Å²) in [5, 5.41) is 8.54. The summed E-state index contributed by atoms with van der Waals surface area (Å²) < 4.78 is 0. The molecule has 1 aliphatic rings. The Kier molecular flexibility index (Phi) is 2.83. The molecule has 0 amide bonds. The van der Waals surface area contributed by atoms with E-state index in [-0.39, 0.29) is 18.1 Å². The number of carbonyl (C=O) groups is 2. The number of carbonyl (C=O) groups excluding carboxylic acids is 1. The average molecular weight is 183 g/mol. The summed E-state index contributed by atoms with van der Waals surface area (Å²) in [6.07, 6.45) is 1.60. The highest BCUT2D eigenvalue weighted by molar-refractivity contribution is 5.99. The predicted octanol–water partition coefficient (Wildman–Crippen LogP) is 0.324. The van der Waals surface area contributed by atoms with Gasteiger partial charge in [-0.3, -0.25) is 9.59 Å². The lowest BCUT2D eigenvalue weighted by molar-refractivity contribution is -0.139. The molecule has 0 spiro atoms. The number of Topliss-reactive ketones (excluding diaryl/α,β-unsaturated/α-hetero) is 1. The fraction of sp³-hybridized carbons (Fsp3) is 0.556. The lowest BCUT2D eigenvalue weighted by Crippen LogP contribution is -2.33. The first-order valence-electron chi connectivity index (χ1n) is 4.22. The minimum absolute atomic E-state index is 0.0169. The second-order valence-corrected chi connectivity index (χ2v) is 3.38. The molecule has 72 valence electrons. The number of carboxylic acid groups (broad SMARTS) is 1. The Morgan fingerprint density at radius 1 is 1.77 bits per heavy atom. The number of allylic oxidation sites excluding steroid dienone is 1. The predicted molar refractivity (Wildman–Crippen MR) is 47.1 cm³/mol. The third-order valence-electron chi connectivity index (χ3n) is 2.37. The van der Waals surface area contributed by atoms with Crippen LogP contribution in [0.15, 0.2) is 12.2 Å². The molecule has 1 aliphatic carbocycles. The third kappa shape index (κ3) is 2.15. The largest absolute Gasteiger partial charge is 0.480 e. The van der Waals surface area contributed by atoms with Crippen molar-refractivity contribution in [2.24, 2.45) is 11.7 Å². The van der Waals surface area contributed by atoms with E-state index in [1.807, 2.05) is 0 Å². The van der Waals surface area contributed by atoms with Crippen molar-refractivity contribution in [2.75, 3.05) is 0 Å². The molecule has 3 N–H and O–H groups in total. The van der Waals surface area contributed by atoms with Gasteiger partial charge in [-0.1, -0.05) is 6.58 Å². The maximum atomic E-state index is 11.3. The lowest BCUT2D eigenvalue weighted by Gasteiger charge is -2.10. The van der Waals surface area contributed by atoms with Crippen LogP contribution in [0, 0.1) is 5.92 Å². The Bertz CT molecular complexity index is 260. The van der Waals surface area contributed by atoms with Gasteiger partial charge in [0.25, 0.3) is 0 Å². The zero-order valence-corrected chi connectivity index (χ0v) is 7.32. The highest BCUT2D eigenvalue weighted by Crippen LogP contribution is 2.28. The minimum atomic E-state index is -1.05. The van der Waals surface area contributed by atoms with E-state index >= 15 is 0 Å². The van der Waals surface area contributed by atoms with Crippen molar-refractivity contribution in [1.29, 1.82) is 0 Å². The molecule has 13 heavy (non-hydrogen) atoms. The molecule has 4 nitrogen and oxygen atoms in total. The second kappa shape index (κ2) is 3.70. The van der Waals surface area contributed by atoms with Gasteiger partial charge in [-0.15, -0.1) is 0 Å². The summed E-state index contributed by atoms with van der Waals surface area (Å²) in [4.78, 5) is 21.7. The van der Waals surface area contributed by atoms with Gasteiger partial charge in [0.1, 0.15) is 6.04 Å². The summed E-state index contributed by atoms with van der Waals surface area (Å²) in [6, 6.07) is -0.931. The van der Waals surface area contributed by atoms with Crippen LogP contribution >= 0.6 is 0 Å². The van der Waals surface area contributed by atoms with Crippen molar-refractivity contribution in [3.8, 4) is 0 Å². The molecule has 0 aromatic rings. The van der Waals surface area contributed by atoms with Crippen molar-refractivity contribution in [2.45, 2.75) is 25.3 Å². The number of aliphatic carboxylic acids is 1. The quantitative estimate of drug-likeness (QED) is 0.617. The van der Waals surface area contributed by atoms with Crippen molar-refractivity contribution in [1.82, 2.24) is 0 Å². The fourth-order valence-electron chi connectivity index (χ4n) is 1.52. The SMILES string of the molecule is C=C1CCC(C[C@H](N)C(=O)O)C1=O. The van der Waals surface area contributed by atoms with Crippen LogP contribution in [0.1, 0.15) is 19.3 Å². The van der Waals surface area contributed by atoms with Crippen LogP contribution in [-0.4, -0.2) is 22.9 Å². The normalized spacial score (nSPS) is 24.8. The zero-order chi connectivity index (χ0) is 10.0. The van der Waals surface area contributed by atoms with Gasteiger partial charge < -0.3 is 10.8 Å². The Morgan fingerprint density at radius 3 is 2.77 bits per heavy atom. The molecule has 0 bridgehead atoms. The molecule has 0 heterocycles. The van der Waals surface area contributed by atoms with Gasteiger partial charge in [-0.05, 0) is 24.8 Å². The van der Waals surface area contributed by atoms with Gasteiger partial charge in [-0.25, -0.2) is 0 Å². The number of ketones is 1. The second-order valence-electron chi connectivity index (χ2n) is 3.38. The van der Waals surface area contributed by atoms with Gasteiger partial charge in [0.2, 0.25) is 0 Å². The molecule has 4 heteroatoms. The van der Waals surface area contributed by atoms with Crippen molar-refractivity contribution < 1.29 is 14.7 Å². The molecule has 0 radical (unpaired) electrons. The molecular weight excluding hydrogens is 170 g/mol. The molecule has 2 atom stereocenters. The molecule has 1 saturated carbocycles. The molecule has 0 saturated heterocycles. The minimum Gasteiger partial charge on any atom is -0.480 e. The first-order chi connectivity index (χ1) is 6.02. The molecule has 1 rings (SSSR count). The van der Waals surface area contributed by atoms with Gasteiger partial charge in [0, 0.05) is 5.92 Å². The summed E-state index contributed by atoms with van der Waals surface area (Å²) >= 11 is 0. The van der Waals surface area contributed by atoms with Crippen LogP contribution < -0.4 is 5.73 Å². The third-order valence-corrected chi connectivity index (χ3v) is 2.37. The van der Waals surface area contributed by atoms with E-state index in [4.69, 9.17) is 10.8 Å². The van der Waals surface area contributed by atoms with Gasteiger partial charge in [-0.2, -0.15) is 0 Å². The average Bonchev–Trinajstić information content (AvgIpc) is 2.36. The maximum Gasteiger partial charge on any atom is 0.320 e. The van der Waals surface area contributed by atoms with E-state index in [1.54, 1.807) is 0 Å². The lowest BCUT2D eigenvalue weighted by atomic mass is 9.98. The number of carboxylic acids is 1. The van der Waals surface area contributed by atoms with Crippen LogP contribution in [0.3, 0.4) is 0 Å². The summed E-state index contributed by atoms with van der Waals surface area (Å²) in [5.41, 5.74) is 5.92. The van der Waals surface area contributed by atoms with E-state index in [9.17, 15) is 9.59 Å². The van der Waals surface area contributed by atoms with Crippen LogP contribution in [0.5, 0.6) is 0 Å². The van der Waals surface area contributed by atoms with Gasteiger partial charge >= 0.3 is 5.97 Å². The molecular formula is C9H13NO3. The monoisotopic (exact) mass is 183 g/mol. The van der Waals surface area contributed by atoms with E-state index in [2.05, 4.69) is 6.58 Å². The smallest absolute Gasteiger partial charge is 0.320 e. The summed E-state index contributed by atoms with van der Waals surface area (Å²) in [5.74, 6) is -1.29. The molecule has 0 aromatic carbocycles. The van der Waals surface area contributed by atoms with Crippen molar-refractivity contribution >= 4 is 11.8 Å². The first kappa shape index (κ1) is 9.92. The van der Waals surface area contributed by atoms with E-state index in [1.165, 1.54) is 0 Å². The number of nitrogens with two attached hydrogens (primary N) is 1.